The van der Waals surface area contributed by atoms with E-state index in [9.17, 15) is 0 Å². The maximum absolute atomic E-state index is 8.33. The Kier molecular flexibility index (Phi) is 2.21. The Hall–Kier alpha value is -2.19. The quantitative estimate of drug-likeness (QED) is 0.621. The Morgan fingerprint density at radius 3 is 3.07 bits per heavy atom. The third-order valence-corrected chi connectivity index (χ3v) is 1.95. The zero-order valence-corrected chi connectivity index (χ0v) is 7.54. The second kappa shape index (κ2) is 3.68. The smallest absolute Gasteiger partial charge is 0.0966 e. The predicted octanol–water partition coefficient (Wildman–Crippen LogP) is 2.43. The maximum atomic E-state index is 8.33. The minimum atomic E-state index is 0.283. The van der Waals surface area contributed by atoms with Crippen molar-refractivity contribution in [3.8, 4) is 17.9 Å². The molecule has 14 heavy (non-hydrogen) atoms. The first-order chi connectivity index (χ1) is 6.90. The number of benzene rings is 1. The standard InChI is InChI=1S/C12H8N2/c13-7-2-1-3-10-4-5-12-11(9-10)6-8-14-12/h4-6,8-9,14H,2H2. The highest BCUT2D eigenvalue weighted by Crippen LogP contribution is 2.13. The molecule has 2 nitrogen and oxygen atoms in total. The average molecular weight is 180 g/mol. The molecule has 0 saturated heterocycles. The van der Waals surface area contributed by atoms with Gasteiger partial charge in [0, 0.05) is 22.7 Å². The number of aromatic nitrogens is 1. The van der Waals surface area contributed by atoms with Gasteiger partial charge in [-0.25, -0.2) is 0 Å². The van der Waals surface area contributed by atoms with Gasteiger partial charge >= 0.3 is 0 Å². The van der Waals surface area contributed by atoms with Crippen molar-refractivity contribution in [2.75, 3.05) is 0 Å². The molecule has 0 aliphatic heterocycles. The third-order valence-electron chi connectivity index (χ3n) is 1.95. The lowest BCUT2D eigenvalue weighted by Gasteiger charge is -1.90. The first-order valence-electron chi connectivity index (χ1n) is 4.33. The van der Waals surface area contributed by atoms with Gasteiger partial charge in [-0.3, -0.25) is 0 Å². The van der Waals surface area contributed by atoms with Crippen molar-refractivity contribution in [2.24, 2.45) is 0 Å². The Morgan fingerprint density at radius 1 is 1.29 bits per heavy atom. The molecule has 0 unspecified atom stereocenters. The molecule has 1 N–H and O–H groups in total. The summed E-state index contributed by atoms with van der Waals surface area (Å²) in [6.07, 6.45) is 2.18. The van der Waals surface area contributed by atoms with Crippen LogP contribution in [0.2, 0.25) is 0 Å². The maximum Gasteiger partial charge on any atom is 0.0966 e. The first kappa shape index (κ1) is 8.41. The van der Waals surface area contributed by atoms with Crippen molar-refractivity contribution >= 4 is 10.9 Å². The molecule has 1 aromatic heterocycles. The highest BCUT2D eigenvalue weighted by atomic mass is 14.7. The second-order valence-electron chi connectivity index (χ2n) is 2.92. The summed E-state index contributed by atoms with van der Waals surface area (Å²) in [6.45, 7) is 0. The molecule has 2 heteroatoms. The van der Waals surface area contributed by atoms with Crippen LogP contribution in [0.3, 0.4) is 0 Å². The van der Waals surface area contributed by atoms with Crippen LogP contribution in [0.15, 0.2) is 30.5 Å². The molecule has 0 aliphatic rings. The largest absolute Gasteiger partial charge is 0.361 e. The van der Waals surface area contributed by atoms with Crippen molar-refractivity contribution in [3.05, 3.63) is 36.0 Å². The molecule has 66 valence electrons. The fourth-order valence-electron chi connectivity index (χ4n) is 1.32. The van der Waals surface area contributed by atoms with Crippen LogP contribution in [0.1, 0.15) is 12.0 Å². The predicted molar refractivity (Wildman–Crippen MR) is 55.4 cm³/mol. The molecular formula is C12H8N2. The summed E-state index contributed by atoms with van der Waals surface area (Å²) in [5, 5.41) is 9.47. The SMILES string of the molecule is N#CCC#Cc1ccc2[nH]ccc2c1. The molecule has 0 aliphatic carbocycles. The molecule has 1 aromatic carbocycles. The Morgan fingerprint density at radius 2 is 2.21 bits per heavy atom. The van der Waals surface area contributed by atoms with E-state index in [1.54, 1.807) is 0 Å². The minimum absolute atomic E-state index is 0.283. The van der Waals surface area contributed by atoms with Gasteiger partial charge in [-0.2, -0.15) is 5.26 Å². The summed E-state index contributed by atoms with van der Waals surface area (Å²) < 4.78 is 0. The Labute approximate surface area is 82.2 Å². The normalized spacial score (nSPS) is 9.07. The summed E-state index contributed by atoms with van der Waals surface area (Å²) >= 11 is 0. The van der Waals surface area contributed by atoms with E-state index in [1.807, 2.05) is 36.5 Å². The Bertz CT molecular complexity index is 547. The lowest BCUT2D eigenvalue weighted by molar-refractivity contribution is 1.40. The average Bonchev–Trinajstić information content (AvgIpc) is 2.65. The van der Waals surface area contributed by atoms with Gasteiger partial charge in [0.05, 0.1) is 12.5 Å². The number of hydrogen-bond acceptors (Lipinski definition) is 1. The molecule has 2 aromatic rings. The number of rotatable bonds is 0. The van der Waals surface area contributed by atoms with Crippen molar-refractivity contribution in [1.29, 1.82) is 5.26 Å². The van der Waals surface area contributed by atoms with Crippen molar-refractivity contribution in [1.82, 2.24) is 4.98 Å². The number of nitrogens with one attached hydrogen (secondary N) is 1. The van der Waals surface area contributed by atoms with Crippen molar-refractivity contribution in [2.45, 2.75) is 6.42 Å². The lowest BCUT2D eigenvalue weighted by atomic mass is 10.1. The Balaban J connectivity index is 2.37. The van der Waals surface area contributed by atoms with Crippen LogP contribution in [0.5, 0.6) is 0 Å². The molecule has 0 fully saturated rings. The number of nitriles is 1. The molecule has 0 radical (unpaired) electrons. The fourth-order valence-corrected chi connectivity index (χ4v) is 1.32. The lowest BCUT2D eigenvalue weighted by Crippen LogP contribution is -1.73. The first-order valence-corrected chi connectivity index (χ1v) is 4.33. The van der Waals surface area contributed by atoms with Crippen LogP contribution >= 0.6 is 0 Å². The number of aromatic amines is 1. The van der Waals surface area contributed by atoms with Crippen LogP contribution < -0.4 is 0 Å². The zero-order chi connectivity index (χ0) is 9.80. The molecule has 0 bridgehead atoms. The topological polar surface area (TPSA) is 39.6 Å². The molecule has 2 rings (SSSR count). The van der Waals surface area contributed by atoms with E-state index in [2.05, 4.69) is 16.8 Å². The van der Waals surface area contributed by atoms with Gasteiger partial charge in [0.25, 0.3) is 0 Å². The van der Waals surface area contributed by atoms with Gasteiger partial charge in [0.2, 0.25) is 0 Å². The van der Waals surface area contributed by atoms with Crippen LogP contribution in [-0.4, -0.2) is 4.98 Å². The number of nitrogens with zero attached hydrogens (tertiary/aromatic N) is 1. The molecule has 0 saturated carbocycles. The monoisotopic (exact) mass is 180 g/mol. The van der Waals surface area contributed by atoms with Gasteiger partial charge < -0.3 is 4.98 Å². The number of hydrogen-bond donors (Lipinski definition) is 1. The summed E-state index contributed by atoms with van der Waals surface area (Å²) in [7, 11) is 0. The summed E-state index contributed by atoms with van der Waals surface area (Å²) in [5.74, 6) is 5.73. The van der Waals surface area contributed by atoms with E-state index in [-0.39, 0.29) is 6.42 Å². The van der Waals surface area contributed by atoms with Gasteiger partial charge in [-0.05, 0) is 24.3 Å². The fraction of sp³-hybridized carbons (Fsp3) is 0.0833. The van der Waals surface area contributed by atoms with E-state index < -0.39 is 0 Å². The van der Waals surface area contributed by atoms with Crippen LogP contribution in [0.4, 0.5) is 0 Å². The highest BCUT2D eigenvalue weighted by Gasteiger charge is 1.93. The van der Waals surface area contributed by atoms with E-state index in [4.69, 9.17) is 5.26 Å². The van der Waals surface area contributed by atoms with E-state index in [0.717, 1.165) is 16.5 Å². The van der Waals surface area contributed by atoms with Crippen LogP contribution in [0, 0.1) is 23.2 Å². The minimum Gasteiger partial charge on any atom is -0.361 e. The van der Waals surface area contributed by atoms with Gasteiger partial charge in [0.15, 0.2) is 0 Å². The number of H-pyrrole nitrogens is 1. The third kappa shape index (κ3) is 1.60. The van der Waals surface area contributed by atoms with Crippen molar-refractivity contribution in [3.63, 3.8) is 0 Å². The second-order valence-corrected chi connectivity index (χ2v) is 2.92. The van der Waals surface area contributed by atoms with E-state index in [0.29, 0.717) is 0 Å². The van der Waals surface area contributed by atoms with Crippen LogP contribution in [-0.2, 0) is 0 Å². The summed E-state index contributed by atoms with van der Waals surface area (Å²) in [6, 6.07) is 9.94. The molecule has 1 heterocycles. The number of fused-ring (bicyclic) bond motifs is 1. The van der Waals surface area contributed by atoms with Crippen molar-refractivity contribution < 1.29 is 0 Å². The zero-order valence-electron chi connectivity index (χ0n) is 7.54. The molecule has 0 atom stereocenters. The van der Waals surface area contributed by atoms with Gasteiger partial charge in [-0.15, -0.1) is 0 Å². The highest BCUT2D eigenvalue weighted by molar-refractivity contribution is 5.80. The molecule has 0 spiro atoms. The van der Waals surface area contributed by atoms with Gasteiger partial charge in [0.1, 0.15) is 0 Å². The summed E-state index contributed by atoms with van der Waals surface area (Å²) in [4.78, 5) is 3.11. The van der Waals surface area contributed by atoms with E-state index >= 15 is 0 Å². The van der Waals surface area contributed by atoms with Gasteiger partial charge in [-0.1, -0.05) is 11.8 Å². The van der Waals surface area contributed by atoms with E-state index in [1.165, 1.54) is 0 Å². The summed E-state index contributed by atoms with van der Waals surface area (Å²) in [5.41, 5.74) is 2.06. The van der Waals surface area contributed by atoms with Crippen LogP contribution in [0.25, 0.3) is 10.9 Å². The molecular weight excluding hydrogens is 172 g/mol. The molecule has 0 amide bonds.